The fourth-order valence-electron chi connectivity index (χ4n) is 3.46. The molecule has 0 aliphatic rings. The maximum Gasteiger partial charge on any atom is 0.244 e. The predicted molar refractivity (Wildman–Crippen MR) is 143 cm³/mol. The number of sulfonamides is 1. The number of rotatable bonds is 9. The molecule has 0 aromatic heterocycles. The number of halogens is 3. The number of benzene rings is 2. The van der Waals surface area contributed by atoms with Crippen LogP contribution in [0.2, 0.25) is 15.1 Å². The van der Waals surface area contributed by atoms with E-state index in [1.807, 2.05) is 20.8 Å². The fourth-order valence-corrected chi connectivity index (χ4v) is 4.96. The Balaban J connectivity index is 2.52. The SMILES string of the molecule is CCC(C(=O)NC(C)(C)C)N(Cc1ccccc1Cl)C(=O)CN(c1cccc(Cl)c1Cl)S(C)(=O)=O. The van der Waals surface area contributed by atoms with E-state index < -0.39 is 34.1 Å². The third-order valence-electron chi connectivity index (χ3n) is 5.06. The van der Waals surface area contributed by atoms with Crippen molar-refractivity contribution in [3.05, 3.63) is 63.1 Å². The Kier molecular flexibility index (Phi) is 9.87. The maximum absolute atomic E-state index is 13.7. The second kappa shape index (κ2) is 11.8. The first-order chi connectivity index (χ1) is 16.2. The molecule has 192 valence electrons. The highest BCUT2D eigenvalue weighted by Crippen LogP contribution is 2.34. The van der Waals surface area contributed by atoms with Crippen LogP contribution in [-0.4, -0.2) is 49.5 Å². The van der Waals surface area contributed by atoms with Gasteiger partial charge < -0.3 is 10.2 Å². The van der Waals surface area contributed by atoms with E-state index in [-0.39, 0.29) is 28.2 Å². The maximum atomic E-state index is 13.7. The normalized spacial score (nSPS) is 12.7. The molecule has 0 saturated heterocycles. The molecule has 0 spiro atoms. The van der Waals surface area contributed by atoms with Crippen LogP contribution in [0.3, 0.4) is 0 Å². The van der Waals surface area contributed by atoms with E-state index >= 15 is 0 Å². The molecular formula is C24H30Cl3N3O4S. The molecular weight excluding hydrogens is 533 g/mol. The van der Waals surface area contributed by atoms with Gasteiger partial charge in [-0.15, -0.1) is 0 Å². The Bertz CT molecular complexity index is 1180. The lowest BCUT2D eigenvalue weighted by atomic mass is 10.1. The molecule has 0 aliphatic heterocycles. The van der Waals surface area contributed by atoms with Gasteiger partial charge in [-0.1, -0.05) is 66.0 Å². The number of nitrogens with zero attached hydrogens (tertiary/aromatic N) is 2. The number of amides is 2. The van der Waals surface area contributed by atoms with Crippen LogP contribution in [-0.2, 0) is 26.2 Å². The summed E-state index contributed by atoms with van der Waals surface area (Å²) in [6, 6.07) is 10.6. The molecule has 7 nitrogen and oxygen atoms in total. The van der Waals surface area contributed by atoms with Crippen molar-refractivity contribution >= 4 is 62.3 Å². The summed E-state index contributed by atoms with van der Waals surface area (Å²) in [6.45, 7) is 6.72. The number of hydrogen-bond donors (Lipinski definition) is 1. The molecule has 35 heavy (non-hydrogen) atoms. The molecule has 1 N–H and O–H groups in total. The van der Waals surface area contributed by atoms with Gasteiger partial charge in [0.1, 0.15) is 12.6 Å². The van der Waals surface area contributed by atoms with Crippen LogP contribution in [0.1, 0.15) is 39.7 Å². The largest absolute Gasteiger partial charge is 0.350 e. The lowest BCUT2D eigenvalue weighted by Gasteiger charge is -2.34. The summed E-state index contributed by atoms with van der Waals surface area (Å²) < 4.78 is 26.2. The average molecular weight is 563 g/mol. The third-order valence-corrected chi connectivity index (χ3v) is 7.37. The van der Waals surface area contributed by atoms with E-state index in [9.17, 15) is 18.0 Å². The van der Waals surface area contributed by atoms with E-state index in [2.05, 4.69) is 5.32 Å². The Hall–Kier alpha value is -2.00. The molecule has 0 bridgehead atoms. The second-order valence-corrected chi connectivity index (χ2v) is 12.2. The molecule has 2 aromatic carbocycles. The predicted octanol–water partition coefficient (Wildman–Crippen LogP) is 5.13. The lowest BCUT2D eigenvalue weighted by Crippen LogP contribution is -2.55. The number of carbonyl (C=O) groups excluding carboxylic acids is 2. The van der Waals surface area contributed by atoms with Crippen molar-refractivity contribution in [2.45, 2.75) is 52.2 Å². The van der Waals surface area contributed by atoms with Crippen molar-refractivity contribution in [1.29, 1.82) is 0 Å². The first kappa shape index (κ1) is 29.2. The molecule has 0 aliphatic carbocycles. The summed E-state index contributed by atoms with van der Waals surface area (Å²) in [7, 11) is -3.93. The van der Waals surface area contributed by atoms with Gasteiger partial charge in [0.05, 0.1) is 22.0 Å². The first-order valence-electron chi connectivity index (χ1n) is 10.9. The van der Waals surface area contributed by atoms with Crippen molar-refractivity contribution in [1.82, 2.24) is 10.2 Å². The van der Waals surface area contributed by atoms with Crippen LogP contribution in [0.4, 0.5) is 5.69 Å². The lowest BCUT2D eigenvalue weighted by molar-refractivity contribution is -0.141. The van der Waals surface area contributed by atoms with Crippen LogP contribution >= 0.6 is 34.8 Å². The molecule has 1 atom stereocenters. The van der Waals surface area contributed by atoms with Crippen LogP contribution in [0.5, 0.6) is 0 Å². The quantitative estimate of drug-likeness (QED) is 0.459. The van der Waals surface area contributed by atoms with Gasteiger partial charge in [0.25, 0.3) is 0 Å². The van der Waals surface area contributed by atoms with Gasteiger partial charge in [-0.05, 0) is 51.0 Å². The molecule has 0 saturated carbocycles. The van der Waals surface area contributed by atoms with Gasteiger partial charge in [-0.2, -0.15) is 0 Å². The monoisotopic (exact) mass is 561 g/mol. The number of carbonyl (C=O) groups is 2. The van der Waals surface area contributed by atoms with Gasteiger partial charge in [0, 0.05) is 17.1 Å². The topological polar surface area (TPSA) is 86.8 Å². The molecule has 11 heteroatoms. The number of nitrogens with one attached hydrogen (secondary N) is 1. The van der Waals surface area contributed by atoms with Gasteiger partial charge >= 0.3 is 0 Å². The van der Waals surface area contributed by atoms with Crippen molar-refractivity contribution in [2.75, 3.05) is 17.1 Å². The van der Waals surface area contributed by atoms with Crippen molar-refractivity contribution in [2.24, 2.45) is 0 Å². The highest BCUT2D eigenvalue weighted by molar-refractivity contribution is 7.92. The van der Waals surface area contributed by atoms with Gasteiger partial charge in [0.2, 0.25) is 21.8 Å². The van der Waals surface area contributed by atoms with Gasteiger partial charge in [0.15, 0.2) is 0 Å². The van der Waals surface area contributed by atoms with E-state index in [1.54, 1.807) is 37.3 Å². The van der Waals surface area contributed by atoms with E-state index in [4.69, 9.17) is 34.8 Å². The number of hydrogen-bond acceptors (Lipinski definition) is 4. The Morgan fingerprint density at radius 1 is 1.00 bits per heavy atom. The molecule has 2 amide bonds. The molecule has 0 radical (unpaired) electrons. The van der Waals surface area contributed by atoms with Crippen LogP contribution < -0.4 is 9.62 Å². The van der Waals surface area contributed by atoms with Crippen LogP contribution in [0, 0.1) is 0 Å². The molecule has 0 fully saturated rings. The molecule has 0 heterocycles. The standard InChI is InChI=1S/C24H30Cl3N3O4S/c1-6-19(23(32)28-24(2,3)4)29(14-16-10-7-8-11-17(16)25)21(31)15-30(35(5,33)34)20-13-9-12-18(26)22(20)27/h7-13,19H,6,14-15H2,1-5H3,(H,28,32). The van der Waals surface area contributed by atoms with Crippen molar-refractivity contribution in [3.8, 4) is 0 Å². The summed E-state index contributed by atoms with van der Waals surface area (Å²) in [5.41, 5.74) is 0.160. The summed E-state index contributed by atoms with van der Waals surface area (Å²) in [5, 5.41) is 3.48. The van der Waals surface area contributed by atoms with Gasteiger partial charge in [-0.3, -0.25) is 13.9 Å². The first-order valence-corrected chi connectivity index (χ1v) is 13.9. The molecule has 2 aromatic rings. The Morgan fingerprint density at radius 3 is 2.14 bits per heavy atom. The zero-order chi connectivity index (χ0) is 26.6. The average Bonchev–Trinajstić information content (AvgIpc) is 2.73. The van der Waals surface area contributed by atoms with Crippen LogP contribution in [0.25, 0.3) is 0 Å². The van der Waals surface area contributed by atoms with Gasteiger partial charge in [-0.25, -0.2) is 8.42 Å². The Morgan fingerprint density at radius 2 is 1.60 bits per heavy atom. The minimum atomic E-state index is -3.93. The number of anilines is 1. The summed E-state index contributed by atoms with van der Waals surface area (Å²) in [4.78, 5) is 28.2. The summed E-state index contributed by atoms with van der Waals surface area (Å²) in [5.74, 6) is -0.950. The van der Waals surface area contributed by atoms with Crippen molar-refractivity contribution < 1.29 is 18.0 Å². The van der Waals surface area contributed by atoms with E-state index in [0.29, 0.717) is 17.0 Å². The van der Waals surface area contributed by atoms with Crippen molar-refractivity contribution in [3.63, 3.8) is 0 Å². The van der Waals surface area contributed by atoms with E-state index in [1.165, 1.54) is 17.0 Å². The summed E-state index contributed by atoms with van der Waals surface area (Å²) >= 11 is 18.7. The zero-order valence-corrected chi connectivity index (χ0v) is 23.4. The minimum absolute atomic E-state index is 0.00237. The highest BCUT2D eigenvalue weighted by atomic mass is 35.5. The smallest absolute Gasteiger partial charge is 0.244 e. The third kappa shape index (κ3) is 8.00. The highest BCUT2D eigenvalue weighted by Gasteiger charge is 2.33. The Labute approximate surface area is 222 Å². The second-order valence-electron chi connectivity index (χ2n) is 9.12. The van der Waals surface area contributed by atoms with E-state index in [0.717, 1.165) is 10.6 Å². The zero-order valence-electron chi connectivity index (χ0n) is 20.3. The minimum Gasteiger partial charge on any atom is -0.350 e. The fraction of sp³-hybridized carbons (Fsp3) is 0.417. The van der Waals surface area contributed by atoms with Crippen LogP contribution in [0.15, 0.2) is 42.5 Å². The molecule has 2 rings (SSSR count). The summed E-state index contributed by atoms with van der Waals surface area (Å²) in [6.07, 6.45) is 1.27. The molecule has 1 unspecified atom stereocenters.